The maximum Gasteiger partial charge on any atom is 0.182 e. The van der Waals surface area contributed by atoms with Crippen molar-refractivity contribution in [2.45, 2.75) is 24.1 Å². The minimum atomic E-state index is -0.376. The molecule has 5 heteroatoms. The van der Waals surface area contributed by atoms with Gasteiger partial charge in [0.25, 0.3) is 0 Å². The van der Waals surface area contributed by atoms with E-state index < -0.39 is 0 Å². The van der Waals surface area contributed by atoms with Gasteiger partial charge in [0.05, 0.1) is 5.25 Å². The number of ketones is 1. The highest BCUT2D eigenvalue weighted by molar-refractivity contribution is 8.00. The van der Waals surface area contributed by atoms with Crippen molar-refractivity contribution in [2.24, 2.45) is 0 Å². The zero-order chi connectivity index (χ0) is 18.8. The number of hydrogen-bond acceptors (Lipinski definition) is 4. The number of H-pyrrole nitrogens is 1. The van der Waals surface area contributed by atoms with E-state index in [1.54, 1.807) is 6.20 Å². The number of carbonyl (C=O) groups excluding carboxylic acids is 1. The van der Waals surface area contributed by atoms with Crippen LogP contribution in [-0.4, -0.2) is 20.7 Å². The third kappa shape index (κ3) is 3.64. The number of Topliss-reactive ketones (excluding diaryl/α,β-unsaturated/α-hetero) is 1. The molecule has 1 atom stereocenters. The van der Waals surface area contributed by atoms with Crippen LogP contribution < -0.4 is 0 Å². The molecule has 2 aromatic carbocycles. The van der Waals surface area contributed by atoms with E-state index in [1.807, 2.05) is 74.5 Å². The van der Waals surface area contributed by atoms with Gasteiger partial charge in [-0.05, 0) is 31.5 Å². The van der Waals surface area contributed by atoms with Crippen molar-refractivity contribution >= 4 is 28.4 Å². The van der Waals surface area contributed by atoms with Gasteiger partial charge in [0.1, 0.15) is 10.9 Å². The summed E-state index contributed by atoms with van der Waals surface area (Å²) < 4.78 is 0. The van der Waals surface area contributed by atoms with Crippen LogP contribution in [0.5, 0.6) is 0 Å². The molecule has 0 aliphatic rings. The van der Waals surface area contributed by atoms with Crippen LogP contribution in [0.3, 0.4) is 0 Å². The van der Waals surface area contributed by atoms with E-state index in [0.717, 1.165) is 27.2 Å². The molecule has 2 heterocycles. The van der Waals surface area contributed by atoms with Crippen molar-refractivity contribution in [3.63, 3.8) is 0 Å². The number of aryl methyl sites for hydroxylation is 2. The Hall–Kier alpha value is -2.92. The molecule has 134 valence electrons. The molecular formula is C22H19N3OS. The molecule has 27 heavy (non-hydrogen) atoms. The highest BCUT2D eigenvalue weighted by Gasteiger charge is 2.26. The molecule has 0 saturated carbocycles. The summed E-state index contributed by atoms with van der Waals surface area (Å²) in [5.41, 5.74) is 3.53. The number of nitrogens with one attached hydrogen (secondary N) is 1. The Balaban J connectivity index is 1.77. The number of carbonyl (C=O) groups is 1. The number of aromatic nitrogens is 3. The number of aromatic amines is 1. The summed E-state index contributed by atoms with van der Waals surface area (Å²) in [6, 6.07) is 19.7. The summed E-state index contributed by atoms with van der Waals surface area (Å²) in [6.07, 6.45) is 1.81. The molecule has 2 aromatic heterocycles. The first-order valence-corrected chi connectivity index (χ1v) is 9.64. The van der Waals surface area contributed by atoms with Gasteiger partial charge in [-0.2, -0.15) is 0 Å². The molecule has 0 spiro atoms. The summed E-state index contributed by atoms with van der Waals surface area (Å²) in [4.78, 5) is 25.6. The largest absolute Gasteiger partial charge is 0.360 e. The second-order valence-electron chi connectivity index (χ2n) is 6.42. The van der Waals surface area contributed by atoms with Crippen LogP contribution in [-0.2, 0) is 0 Å². The van der Waals surface area contributed by atoms with E-state index in [4.69, 9.17) is 0 Å². The number of thioether (sulfide) groups is 1. The Labute approximate surface area is 162 Å². The van der Waals surface area contributed by atoms with E-state index >= 15 is 0 Å². The van der Waals surface area contributed by atoms with Crippen molar-refractivity contribution in [3.8, 4) is 0 Å². The first-order valence-electron chi connectivity index (χ1n) is 8.76. The van der Waals surface area contributed by atoms with Crippen molar-refractivity contribution in [2.75, 3.05) is 0 Å². The average Bonchev–Trinajstić information content (AvgIpc) is 3.10. The highest BCUT2D eigenvalue weighted by atomic mass is 32.2. The van der Waals surface area contributed by atoms with Gasteiger partial charge >= 0.3 is 0 Å². The Morgan fingerprint density at radius 3 is 2.52 bits per heavy atom. The highest BCUT2D eigenvalue weighted by Crippen LogP contribution is 2.38. The van der Waals surface area contributed by atoms with Crippen LogP contribution in [0.2, 0.25) is 0 Å². The minimum Gasteiger partial charge on any atom is -0.360 e. The Morgan fingerprint density at radius 2 is 1.74 bits per heavy atom. The fraction of sp³-hybridized carbons (Fsp3) is 0.136. The lowest BCUT2D eigenvalue weighted by Gasteiger charge is -2.16. The monoisotopic (exact) mass is 373 g/mol. The molecule has 0 saturated heterocycles. The first kappa shape index (κ1) is 17.5. The van der Waals surface area contributed by atoms with Crippen LogP contribution in [0.4, 0.5) is 0 Å². The van der Waals surface area contributed by atoms with Gasteiger partial charge in [0.15, 0.2) is 5.78 Å². The third-order valence-electron chi connectivity index (χ3n) is 4.38. The van der Waals surface area contributed by atoms with Crippen LogP contribution in [0, 0.1) is 13.8 Å². The van der Waals surface area contributed by atoms with Crippen LogP contribution >= 0.6 is 11.8 Å². The molecule has 4 rings (SSSR count). The summed E-state index contributed by atoms with van der Waals surface area (Å²) in [6.45, 7) is 3.81. The number of para-hydroxylation sites is 1. The molecular weight excluding hydrogens is 354 g/mol. The Morgan fingerprint density at radius 1 is 1.00 bits per heavy atom. The number of benzene rings is 2. The second-order valence-corrected chi connectivity index (χ2v) is 7.54. The lowest BCUT2D eigenvalue weighted by molar-refractivity contribution is 0.0991. The van der Waals surface area contributed by atoms with Gasteiger partial charge in [-0.15, -0.1) is 0 Å². The molecule has 0 unspecified atom stereocenters. The van der Waals surface area contributed by atoms with Gasteiger partial charge in [0, 0.05) is 28.4 Å². The summed E-state index contributed by atoms with van der Waals surface area (Å²) in [5.74, 6) is 0.779. The lowest BCUT2D eigenvalue weighted by Crippen LogP contribution is -2.10. The van der Waals surface area contributed by atoms with Crippen molar-refractivity contribution in [1.29, 1.82) is 0 Å². The molecule has 1 N–H and O–H groups in total. The van der Waals surface area contributed by atoms with Crippen LogP contribution in [0.15, 0.2) is 71.9 Å². The fourth-order valence-corrected chi connectivity index (χ4v) is 4.37. The average molecular weight is 373 g/mol. The van der Waals surface area contributed by atoms with Gasteiger partial charge in [-0.3, -0.25) is 4.79 Å². The van der Waals surface area contributed by atoms with Crippen molar-refractivity contribution in [3.05, 3.63) is 89.5 Å². The van der Waals surface area contributed by atoms with Crippen LogP contribution in [0.25, 0.3) is 10.9 Å². The lowest BCUT2D eigenvalue weighted by atomic mass is 10.0. The Kier molecular flexibility index (Phi) is 4.77. The first-order chi connectivity index (χ1) is 13.1. The zero-order valence-electron chi connectivity index (χ0n) is 15.1. The van der Waals surface area contributed by atoms with Gasteiger partial charge in [-0.25, -0.2) is 9.97 Å². The number of rotatable bonds is 5. The SMILES string of the molecule is Cc1cc(S[C@H](C(=O)c2c[nH]c3ccccc23)c2ccccc2)nc(C)n1. The van der Waals surface area contributed by atoms with Crippen molar-refractivity contribution in [1.82, 2.24) is 15.0 Å². The predicted octanol–water partition coefficient (Wildman–Crippen LogP) is 5.29. The smallest absolute Gasteiger partial charge is 0.182 e. The maximum atomic E-state index is 13.5. The standard InChI is InChI=1S/C22H19N3OS/c1-14-12-20(25-15(2)24-14)27-22(16-8-4-3-5-9-16)21(26)18-13-23-19-11-7-6-10-17(18)19/h3-13,22-23H,1-2H3/t22-/m0/s1. The molecule has 0 aliphatic carbocycles. The van der Waals surface area contributed by atoms with E-state index in [1.165, 1.54) is 11.8 Å². The minimum absolute atomic E-state index is 0.0672. The summed E-state index contributed by atoms with van der Waals surface area (Å²) in [5, 5.41) is 1.38. The van der Waals surface area contributed by atoms with Gasteiger partial charge < -0.3 is 4.98 Å². The topological polar surface area (TPSA) is 58.6 Å². The number of fused-ring (bicyclic) bond motifs is 1. The van der Waals surface area contributed by atoms with E-state index in [2.05, 4.69) is 15.0 Å². The summed E-state index contributed by atoms with van der Waals surface area (Å²) >= 11 is 1.47. The quantitative estimate of drug-likeness (QED) is 0.293. The molecule has 4 aromatic rings. The zero-order valence-corrected chi connectivity index (χ0v) is 16.0. The van der Waals surface area contributed by atoms with E-state index in [-0.39, 0.29) is 11.0 Å². The molecule has 0 amide bonds. The Bertz CT molecular complexity index is 1080. The normalized spacial score (nSPS) is 12.2. The summed E-state index contributed by atoms with van der Waals surface area (Å²) in [7, 11) is 0. The van der Waals surface area contributed by atoms with Gasteiger partial charge in [-0.1, -0.05) is 60.3 Å². The second kappa shape index (κ2) is 7.37. The molecule has 0 radical (unpaired) electrons. The maximum absolute atomic E-state index is 13.5. The van der Waals surface area contributed by atoms with Crippen molar-refractivity contribution < 1.29 is 4.79 Å². The molecule has 0 fully saturated rings. The molecule has 0 aliphatic heterocycles. The van der Waals surface area contributed by atoms with E-state index in [0.29, 0.717) is 11.4 Å². The van der Waals surface area contributed by atoms with E-state index in [9.17, 15) is 4.79 Å². The third-order valence-corrected chi connectivity index (χ3v) is 5.55. The predicted molar refractivity (Wildman–Crippen MR) is 109 cm³/mol. The molecule has 4 nitrogen and oxygen atoms in total. The number of hydrogen-bond donors (Lipinski definition) is 1. The molecule has 0 bridgehead atoms. The van der Waals surface area contributed by atoms with Crippen LogP contribution in [0.1, 0.15) is 32.7 Å². The number of nitrogens with zero attached hydrogens (tertiary/aromatic N) is 2. The fourth-order valence-electron chi connectivity index (χ4n) is 3.18. The van der Waals surface area contributed by atoms with Gasteiger partial charge in [0.2, 0.25) is 0 Å².